The van der Waals surface area contributed by atoms with Gasteiger partial charge in [-0.05, 0) is 35.4 Å². The van der Waals surface area contributed by atoms with E-state index in [2.05, 4.69) is 15.2 Å². The van der Waals surface area contributed by atoms with Crippen molar-refractivity contribution < 1.29 is 19.1 Å². The number of hydrogen-bond acceptors (Lipinski definition) is 8. The second-order valence-electron chi connectivity index (χ2n) is 7.58. The van der Waals surface area contributed by atoms with E-state index in [1.165, 1.54) is 52.5 Å². The Morgan fingerprint density at radius 2 is 1.71 bits per heavy atom. The fourth-order valence-corrected chi connectivity index (χ4v) is 5.55. The molecule has 1 aliphatic heterocycles. The van der Waals surface area contributed by atoms with Crippen LogP contribution in [0.5, 0.6) is 0 Å². The zero-order valence-electron chi connectivity index (χ0n) is 18.0. The average molecular weight is 505 g/mol. The number of benzene rings is 2. The van der Waals surface area contributed by atoms with Gasteiger partial charge in [0.15, 0.2) is 4.34 Å². The highest BCUT2D eigenvalue weighted by atomic mass is 32.2. The van der Waals surface area contributed by atoms with Crippen molar-refractivity contribution in [1.29, 1.82) is 0 Å². The molecule has 1 unspecified atom stereocenters. The molecule has 7 nitrogen and oxygen atoms in total. The van der Waals surface area contributed by atoms with Gasteiger partial charge in [0.1, 0.15) is 11.6 Å². The molecule has 2 aromatic heterocycles. The van der Waals surface area contributed by atoms with E-state index >= 15 is 0 Å². The zero-order chi connectivity index (χ0) is 24.4. The minimum atomic E-state index is -0.868. The molecule has 0 radical (unpaired) electrons. The summed E-state index contributed by atoms with van der Waals surface area (Å²) < 4.78 is 13.7. The van der Waals surface area contributed by atoms with E-state index in [4.69, 9.17) is 0 Å². The van der Waals surface area contributed by atoms with Crippen molar-refractivity contribution in [3.63, 3.8) is 0 Å². The predicted octanol–water partition coefficient (Wildman–Crippen LogP) is 4.99. The Bertz CT molecular complexity index is 1410. The lowest BCUT2D eigenvalue weighted by atomic mass is 9.96. The van der Waals surface area contributed by atoms with Crippen molar-refractivity contribution in [2.24, 2.45) is 0 Å². The molecular formula is C25H17FN4O3S2. The topological polar surface area (TPSA) is 96.3 Å². The van der Waals surface area contributed by atoms with E-state index < -0.39 is 17.7 Å². The lowest BCUT2D eigenvalue weighted by molar-refractivity contribution is -0.132. The van der Waals surface area contributed by atoms with Gasteiger partial charge in [-0.3, -0.25) is 19.5 Å². The minimum Gasteiger partial charge on any atom is -0.507 e. The molecule has 174 valence electrons. The van der Waals surface area contributed by atoms with Gasteiger partial charge in [0.2, 0.25) is 5.13 Å². The van der Waals surface area contributed by atoms with Crippen molar-refractivity contribution in [2.45, 2.75) is 16.1 Å². The quantitative estimate of drug-likeness (QED) is 0.130. The molecule has 1 saturated heterocycles. The van der Waals surface area contributed by atoms with Crippen LogP contribution in [0.3, 0.4) is 0 Å². The molecule has 2 aromatic carbocycles. The Balaban J connectivity index is 1.51. The molecule has 5 rings (SSSR count). The summed E-state index contributed by atoms with van der Waals surface area (Å²) >= 11 is 2.56. The van der Waals surface area contributed by atoms with Gasteiger partial charge in [0, 0.05) is 23.7 Å². The van der Waals surface area contributed by atoms with Gasteiger partial charge < -0.3 is 5.11 Å². The smallest absolute Gasteiger partial charge is 0.301 e. The fourth-order valence-electron chi connectivity index (χ4n) is 3.73. The number of rotatable bonds is 6. The number of carbonyl (C=O) groups is 2. The first-order valence-corrected chi connectivity index (χ1v) is 12.3. The standard InChI is InChI=1S/C25H17FN4O3S2/c26-18-8-6-15(7-9-18)14-34-25-29-28-24(35-25)30-20(16-4-2-1-3-5-16)19(22(32)23(30)33)21(31)17-10-12-27-13-11-17/h1-13,20,31H,14H2/b21-19+. The summed E-state index contributed by atoms with van der Waals surface area (Å²) in [7, 11) is 0. The van der Waals surface area contributed by atoms with Crippen molar-refractivity contribution in [3.8, 4) is 0 Å². The third kappa shape index (κ3) is 4.58. The van der Waals surface area contributed by atoms with Crippen LogP contribution in [0.1, 0.15) is 22.7 Å². The van der Waals surface area contributed by atoms with Crippen LogP contribution in [-0.2, 0) is 15.3 Å². The van der Waals surface area contributed by atoms with E-state index in [9.17, 15) is 19.1 Å². The second-order valence-corrected chi connectivity index (χ2v) is 9.76. The monoisotopic (exact) mass is 504 g/mol. The summed E-state index contributed by atoms with van der Waals surface area (Å²) in [5.41, 5.74) is 1.92. The molecule has 1 N–H and O–H groups in total. The molecule has 4 aromatic rings. The molecule has 1 atom stereocenters. The van der Waals surface area contributed by atoms with Gasteiger partial charge in [-0.1, -0.05) is 65.6 Å². The largest absolute Gasteiger partial charge is 0.507 e. The lowest BCUT2D eigenvalue weighted by Gasteiger charge is -2.22. The first-order valence-electron chi connectivity index (χ1n) is 10.5. The third-order valence-electron chi connectivity index (χ3n) is 5.39. The molecule has 0 aliphatic carbocycles. The number of carbonyl (C=O) groups excluding carboxylic acids is 2. The molecule has 1 fully saturated rings. The van der Waals surface area contributed by atoms with Gasteiger partial charge in [0.05, 0.1) is 11.6 Å². The molecule has 3 heterocycles. The highest BCUT2D eigenvalue weighted by Gasteiger charge is 2.48. The number of anilines is 1. The van der Waals surface area contributed by atoms with Gasteiger partial charge in [0.25, 0.3) is 5.78 Å². The molecule has 10 heteroatoms. The van der Waals surface area contributed by atoms with Crippen LogP contribution >= 0.6 is 23.1 Å². The number of aromatic nitrogens is 3. The summed E-state index contributed by atoms with van der Waals surface area (Å²) in [6.45, 7) is 0. The van der Waals surface area contributed by atoms with Crippen molar-refractivity contribution >= 4 is 45.7 Å². The first kappa shape index (κ1) is 22.9. The number of aliphatic hydroxyl groups excluding tert-OH is 1. The van der Waals surface area contributed by atoms with Crippen LogP contribution in [0.4, 0.5) is 9.52 Å². The van der Waals surface area contributed by atoms with E-state index in [0.29, 0.717) is 21.2 Å². The number of aliphatic hydroxyl groups is 1. The van der Waals surface area contributed by atoms with E-state index in [1.807, 2.05) is 6.07 Å². The number of halogens is 1. The predicted molar refractivity (Wildman–Crippen MR) is 131 cm³/mol. The molecule has 0 saturated carbocycles. The Morgan fingerprint density at radius 3 is 2.43 bits per heavy atom. The first-order chi connectivity index (χ1) is 17.0. The molecule has 1 amide bonds. The normalized spacial score (nSPS) is 17.2. The Hall–Kier alpha value is -3.89. The highest BCUT2D eigenvalue weighted by Crippen LogP contribution is 2.43. The third-order valence-corrected chi connectivity index (χ3v) is 7.52. The van der Waals surface area contributed by atoms with E-state index in [0.717, 1.165) is 5.56 Å². The zero-order valence-corrected chi connectivity index (χ0v) is 19.7. The van der Waals surface area contributed by atoms with Crippen molar-refractivity contribution in [1.82, 2.24) is 15.2 Å². The summed E-state index contributed by atoms with van der Waals surface area (Å²) in [6.07, 6.45) is 3.00. The van der Waals surface area contributed by atoms with Crippen LogP contribution < -0.4 is 4.90 Å². The van der Waals surface area contributed by atoms with Gasteiger partial charge in [-0.15, -0.1) is 10.2 Å². The maximum atomic E-state index is 13.2. The minimum absolute atomic E-state index is 0.0249. The molecule has 0 bridgehead atoms. The van der Waals surface area contributed by atoms with Crippen LogP contribution in [0.25, 0.3) is 5.76 Å². The fraction of sp³-hybridized carbons (Fsp3) is 0.0800. The van der Waals surface area contributed by atoms with Crippen LogP contribution in [0.15, 0.2) is 89.0 Å². The summed E-state index contributed by atoms with van der Waals surface area (Å²) in [5, 5.41) is 19.6. The van der Waals surface area contributed by atoms with Gasteiger partial charge in [-0.2, -0.15) is 0 Å². The number of thioether (sulfide) groups is 1. The summed E-state index contributed by atoms with van der Waals surface area (Å²) in [4.78, 5) is 31.5. The number of hydrogen-bond donors (Lipinski definition) is 1. The van der Waals surface area contributed by atoms with E-state index in [-0.39, 0.29) is 22.3 Å². The number of pyridine rings is 1. The number of ketones is 1. The molecule has 0 spiro atoms. The van der Waals surface area contributed by atoms with E-state index in [1.54, 1.807) is 48.5 Å². The van der Waals surface area contributed by atoms with Crippen LogP contribution in [-0.4, -0.2) is 32.0 Å². The number of Topliss-reactive ketones (excluding diaryl/α,β-unsaturated/α-hetero) is 1. The Morgan fingerprint density at radius 1 is 1.00 bits per heavy atom. The van der Waals surface area contributed by atoms with Gasteiger partial charge >= 0.3 is 5.91 Å². The lowest BCUT2D eigenvalue weighted by Crippen LogP contribution is -2.29. The highest BCUT2D eigenvalue weighted by molar-refractivity contribution is 8.00. The van der Waals surface area contributed by atoms with Crippen LogP contribution in [0, 0.1) is 5.82 Å². The number of nitrogens with zero attached hydrogens (tertiary/aromatic N) is 4. The maximum absolute atomic E-state index is 13.2. The average Bonchev–Trinajstić information content (AvgIpc) is 3.46. The SMILES string of the molecule is O=C1C(=O)N(c2nnc(SCc3ccc(F)cc3)s2)C(c2ccccc2)/C1=C(\O)c1ccncc1. The van der Waals surface area contributed by atoms with Crippen LogP contribution in [0.2, 0.25) is 0 Å². The summed E-state index contributed by atoms with van der Waals surface area (Å²) in [6, 6.07) is 17.4. The molecular weight excluding hydrogens is 487 g/mol. The van der Waals surface area contributed by atoms with Crippen molar-refractivity contribution in [3.05, 3.63) is 107 Å². The van der Waals surface area contributed by atoms with Gasteiger partial charge in [-0.25, -0.2) is 4.39 Å². The summed E-state index contributed by atoms with van der Waals surface area (Å²) in [5.74, 6) is -1.64. The molecule has 35 heavy (non-hydrogen) atoms. The molecule has 1 aliphatic rings. The number of amides is 1. The van der Waals surface area contributed by atoms with Crippen molar-refractivity contribution in [2.75, 3.05) is 4.90 Å². The Kier molecular flexibility index (Phi) is 6.39. The maximum Gasteiger partial charge on any atom is 0.301 e. The second kappa shape index (κ2) is 9.77. The Labute approximate surface area is 208 Å².